The molecule has 1 aliphatic rings. The summed E-state index contributed by atoms with van der Waals surface area (Å²) in [5.74, 6) is 0.314. The first kappa shape index (κ1) is 22.3. The third-order valence-electron chi connectivity index (χ3n) is 4.95. The Hall–Kier alpha value is -0.770. The smallest absolute Gasteiger partial charge is 0.222 e. The van der Waals surface area contributed by atoms with Gasteiger partial charge in [-0.25, -0.2) is 0 Å². The minimum atomic E-state index is -1.73. The maximum Gasteiger partial charge on any atom is 0.222 e. The number of carbonyl (C=O) groups excluding carboxylic acids is 1. The minimum absolute atomic E-state index is 0.0198. The van der Waals surface area contributed by atoms with Crippen LogP contribution in [0.5, 0.6) is 0 Å². The molecule has 0 spiro atoms. The first-order valence-electron chi connectivity index (χ1n) is 9.12. The molecule has 1 amide bonds. The van der Waals surface area contributed by atoms with Crippen molar-refractivity contribution in [3.63, 3.8) is 0 Å². The monoisotopic (exact) mass is 363 g/mol. The predicted octanol–water partition coefficient (Wildman–Crippen LogP) is -1.40. The van der Waals surface area contributed by atoms with Gasteiger partial charge in [0.15, 0.2) is 0 Å². The zero-order valence-electron chi connectivity index (χ0n) is 14.7. The Morgan fingerprint density at radius 1 is 0.960 bits per heavy atom. The van der Waals surface area contributed by atoms with Gasteiger partial charge >= 0.3 is 0 Å². The average molecular weight is 363 g/mol. The van der Waals surface area contributed by atoms with Crippen molar-refractivity contribution in [2.24, 2.45) is 5.92 Å². The summed E-state index contributed by atoms with van der Waals surface area (Å²) in [6, 6.07) is 0. The van der Waals surface area contributed by atoms with Gasteiger partial charge in [0.25, 0.3) is 0 Å². The van der Waals surface area contributed by atoms with E-state index in [0.717, 1.165) is 19.3 Å². The number of aliphatic hydroxyl groups excluding tert-OH is 6. The molecule has 8 heteroatoms. The second-order valence-electron chi connectivity index (χ2n) is 6.90. The van der Waals surface area contributed by atoms with Crippen LogP contribution in [0.3, 0.4) is 0 Å². The Kier molecular flexibility index (Phi) is 10.5. The third kappa shape index (κ3) is 7.55. The fourth-order valence-corrected chi connectivity index (χ4v) is 3.30. The summed E-state index contributed by atoms with van der Waals surface area (Å²) >= 11 is 0. The summed E-state index contributed by atoms with van der Waals surface area (Å²) in [5, 5.41) is 56.7. The van der Waals surface area contributed by atoms with E-state index in [0.29, 0.717) is 12.3 Å². The molecule has 0 saturated heterocycles. The lowest BCUT2D eigenvalue weighted by Gasteiger charge is -2.30. The Bertz CT molecular complexity index is 376. The molecule has 0 radical (unpaired) electrons. The first-order chi connectivity index (χ1) is 11.9. The van der Waals surface area contributed by atoms with Gasteiger partial charge in [-0.3, -0.25) is 4.79 Å². The fourth-order valence-electron chi connectivity index (χ4n) is 3.30. The van der Waals surface area contributed by atoms with Crippen molar-refractivity contribution in [1.82, 2.24) is 4.90 Å². The molecule has 4 atom stereocenters. The van der Waals surface area contributed by atoms with Gasteiger partial charge in [0.1, 0.15) is 24.4 Å². The molecule has 1 rings (SSSR count). The quantitative estimate of drug-likeness (QED) is 0.265. The second kappa shape index (κ2) is 11.8. The lowest BCUT2D eigenvalue weighted by atomic mass is 9.86. The van der Waals surface area contributed by atoms with Crippen molar-refractivity contribution in [2.45, 2.75) is 69.4 Å². The van der Waals surface area contributed by atoms with Crippen LogP contribution in [0.25, 0.3) is 0 Å². The van der Waals surface area contributed by atoms with E-state index < -0.39 is 31.0 Å². The Balaban J connectivity index is 2.51. The maximum atomic E-state index is 12.4. The highest BCUT2D eigenvalue weighted by Crippen LogP contribution is 2.27. The molecule has 0 aromatic carbocycles. The van der Waals surface area contributed by atoms with E-state index in [1.165, 1.54) is 24.2 Å². The fraction of sp³-hybridized carbons (Fsp3) is 0.941. The van der Waals surface area contributed by atoms with Crippen molar-refractivity contribution >= 4 is 5.91 Å². The highest BCUT2D eigenvalue weighted by Gasteiger charge is 2.32. The van der Waals surface area contributed by atoms with Crippen LogP contribution >= 0.6 is 0 Å². The largest absolute Gasteiger partial charge is 0.395 e. The van der Waals surface area contributed by atoms with E-state index in [1.807, 2.05) is 0 Å². The molecule has 0 aliphatic heterocycles. The summed E-state index contributed by atoms with van der Waals surface area (Å²) < 4.78 is 0. The van der Waals surface area contributed by atoms with Gasteiger partial charge in [0.05, 0.1) is 13.2 Å². The van der Waals surface area contributed by atoms with Gasteiger partial charge in [-0.2, -0.15) is 0 Å². The van der Waals surface area contributed by atoms with Crippen LogP contribution in [-0.2, 0) is 4.79 Å². The van der Waals surface area contributed by atoms with Crippen LogP contribution in [0.2, 0.25) is 0 Å². The SMILES string of the molecule is O=C(CCC1CCCCC1)N(CCO)C[C@H](O)[C@H](O)[C@H](O)[C@H](O)CO. The first-order valence-corrected chi connectivity index (χ1v) is 9.12. The number of carbonyl (C=O) groups is 1. The Labute approximate surface area is 148 Å². The highest BCUT2D eigenvalue weighted by molar-refractivity contribution is 5.76. The van der Waals surface area contributed by atoms with Gasteiger partial charge in [-0.15, -0.1) is 0 Å². The predicted molar refractivity (Wildman–Crippen MR) is 90.6 cm³/mol. The van der Waals surface area contributed by atoms with Crippen molar-refractivity contribution < 1.29 is 35.4 Å². The number of hydrogen-bond donors (Lipinski definition) is 6. The van der Waals surface area contributed by atoms with Gasteiger partial charge in [0.2, 0.25) is 5.91 Å². The topological polar surface area (TPSA) is 142 Å². The van der Waals surface area contributed by atoms with E-state index in [4.69, 9.17) is 10.2 Å². The molecule has 1 saturated carbocycles. The molecule has 25 heavy (non-hydrogen) atoms. The van der Waals surface area contributed by atoms with E-state index in [-0.39, 0.29) is 25.6 Å². The van der Waals surface area contributed by atoms with Gasteiger partial charge < -0.3 is 35.5 Å². The maximum absolute atomic E-state index is 12.4. The lowest BCUT2D eigenvalue weighted by Crippen LogP contribution is -2.51. The molecule has 6 N–H and O–H groups in total. The standard InChI is InChI=1S/C17H33NO7/c19-9-8-18(10-13(21)16(24)17(25)14(22)11-20)15(23)7-6-12-4-2-1-3-5-12/h12-14,16-17,19-22,24-25H,1-11H2/t13-,14+,16-,17+/m0/s1. The molecule has 0 aromatic heterocycles. The van der Waals surface area contributed by atoms with Crippen molar-refractivity contribution in [3.8, 4) is 0 Å². The highest BCUT2D eigenvalue weighted by atomic mass is 16.4. The van der Waals surface area contributed by atoms with Crippen LogP contribution in [-0.4, -0.2) is 92.2 Å². The van der Waals surface area contributed by atoms with E-state index in [2.05, 4.69) is 0 Å². The molecule has 0 heterocycles. The lowest BCUT2D eigenvalue weighted by molar-refractivity contribution is -0.140. The van der Waals surface area contributed by atoms with Crippen LogP contribution in [0, 0.1) is 5.92 Å². The van der Waals surface area contributed by atoms with E-state index >= 15 is 0 Å². The van der Waals surface area contributed by atoms with Gasteiger partial charge in [0, 0.05) is 19.5 Å². The summed E-state index contributed by atoms with van der Waals surface area (Å²) in [4.78, 5) is 13.6. The van der Waals surface area contributed by atoms with E-state index in [9.17, 15) is 25.2 Å². The number of hydrogen-bond acceptors (Lipinski definition) is 7. The summed E-state index contributed by atoms with van der Waals surface area (Å²) in [6.45, 7) is -1.28. The molecule has 148 valence electrons. The third-order valence-corrected chi connectivity index (χ3v) is 4.95. The average Bonchev–Trinajstić information content (AvgIpc) is 2.64. The Morgan fingerprint density at radius 3 is 2.12 bits per heavy atom. The molecule has 0 bridgehead atoms. The van der Waals surface area contributed by atoms with Crippen LogP contribution < -0.4 is 0 Å². The second-order valence-corrected chi connectivity index (χ2v) is 6.90. The van der Waals surface area contributed by atoms with Gasteiger partial charge in [-0.05, 0) is 12.3 Å². The van der Waals surface area contributed by atoms with Crippen molar-refractivity contribution in [3.05, 3.63) is 0 Å². The summed E-state index contributed by atoms with van der Waals surface area (Å²) in [6.07, 6.45) is 0.430. The van der Waals surface area contributed by atoms with Crippen molar-refractivity contribution in [2.75, 3.05) is 26.3 Å². The molecule has 1 aliphatic carbocycles. The summed E-state index contributed by atoms with van der Waals surface area (Å²) in [5.41, 5.74) is 0. The minimum Gasteiger partial charge on any atom is -0.395 e. The molecular formula is C17H33NO7. The Morgan fingerprint density at radius 2 is 1.56 bits per heavy atom. The molecule has 8 nitrogen and oxygen atoms in total. The van der Waals surface area contributed by atoms with Gasteiger partial charge in [-0.1, -0.05) is 32.1 Å². The zero-order chi connectivity index (χ0) is 18.8. The summed E-state index contributed by atoms with van der Waals surface area (Å²) in [7, 11) is 0. The zero-order valence-corrected chi connectivity index (χ0v) is 14.7. The molecule has 0 unspecified atom stereocenters. The number of nitrogens with zero attached hydrogens (tertiary/aromatic N) is 1. The number of amides is 1. The van der Waals surface area contributed by atoms with E-state index in [1.54, 1.807) is 0 Å². The van der Waals surface area contributed by atoms with Crippen LogP contribution in [0.1, 0.15) is 44.9 Å². The van der Waals surface area contributed by atoms with Crippen LogP contribution in [0.15, 0.2) is 0 Å². The molecule has 1 fully saturated rings. The number of aliphatic hydroxyl groups is 6. The molecular weight excluding hydrogens is 330 g/mol. The van der Waals surface area contributed by atoms with Crippen molar-refractivity contribution in [1.29, 1.82) is 0 Å². The van der Waals surface area contributed by atoms with Crippen LogP contribution in [0.4, 0.5) is 0 Å². The molecule has 0 aromatic rings. The normalized spacial score (nSPS) is 20.7. The number of rotatable bonds is 11.